The van der Waals surface area contributed by atoms with Crippen LogP contribution in [0.1, 0.15) is 35.7 Å². The van der Waals surface area contributed by atoms with Gasteiger partial charge in [0.1, 0.15) is 18.5 Å². The van der Waals surface area contributed by atoms with E-state index >= 15 is 0 Å². The molecule has 1 atom stereocenters. The Morgan fingerprint density at radius 1 is 1.09 bits per heavy atom. The first-order valence-corrected chi connectivity index (χ1v) is 10.8. The van der Waals surface area contributed by atoms with Gasteiger partial charge in [-0.3, -0.25) is 4.79 Å². The summed E-state index contributed by atoms with van der Waals surface area (Å²) in [7, 11) is 0. The second-order valence-electron chi connectivity index (χ2n) is 8.07. The Hall–Kier alpha value is -3.16. The van der Waals surface area contributed by atoms with Crippen LogP contribution >= 0.6 is 0 Å². The van der Waals surface area contributed by atoms with Gasteiger partial charge >= 0.3 is 5.97 Å². The number of likely N-dealkylation sites (tertiary alicyclic amines) is 1. The van der Waals surface area contributed by atoms with Gasteiger partial charge in [0.15, 0.2) is 0 Å². The largest absolute Gasteiger partial charge is 0.491 e. The van der Waals surface area contributed by atoms with E-state index in [4.69, 9.17) is 9.84 Å². The number of ether oxygens (including phenoxy) is 1. The number of nitrogens with zero attached hydrogens (tertiary/aromatic N) is 1. The van der Waals surface area contributed by atoms with Gasteiger partial charge in [-0.05, 0) is 55.2 Å². The Bertz CT molecular complexity index is 919. The van der Waals surface area contributed by atoms with E-state index in [0.29, 0.717) is 23.4 Å². The molecule has 1 fully saturated rings. The number of carbonyl (C=O) groups excluding carboxylic acids is 1. The van der Waals surface area contributed by atoms with Crippen molar-refractivity contribution in [2.24, 2.45) is 0 Å². The Kier molecular flexibility index (Phi) is 8.41. The highest BCUT2D eigenvalue weighted by Gasteiger charge is 2.22. The van der Waals surface area contributed by atoms with Crippen molar-refractivity contribution in [3.63, 3.8) is 0 Å². The number of hydrogen-bond donors (Lipinski definition) is 3. The predicted octanol–water partition coefficient (Wildman–Crippen LogP) is 2.81. The number of carboxylic acid groups (broad SMARTS) is 1. The molecule has 1 saturated heterocycles. The van der Waals surface area contributed by atoms with Crippen molar-refractivity contribution in [2.45, 2.75) is 31.9 Å². The average Bonchev–Trinajstić information content (AvgIpc) is 2.79. The van der Waals surface area contributed by atoms with E-state index in [1.165, 1.54) is 0 Å². The van der Waals surface area contributed by atoms with E-state index in [2.05, 4.69) is 10.2 Å². The van der Waals surface area contributed by atoms with Crippen LogP contribution in [0.25, 0.3) is 5.57 Å². The van der Waals surface area contributed by atoms with Crippen molar-refractivity contribution in [1.82, 2.24) is 10.2 Å². The first-order chi connectivity index (χ1) is 15.4. The van der Waals surface area contributed by atoms with Crippen LogP contribution in [-0.2, 0) is 4.79 Å². The highest BCUT2D eigenvalue weighted by atomic mass is 16.5. The van der Waals surface area contributed by atoms with Gasteiger partial charge in [-0.25, -0.2) is 4.79 Å². The minimum Gasteiger partial charge on any atom is -0.491 e. The number of piperidine rings is 1. The van der Waals surface area contributed by atoms with Crippen LogP contribution in [0.3, 0.4) is 0 Å². The highest BCUT2D eigenvalue weighted by Crippen LogP contribution is 2.19. The first-order valence-electron chi connectivity index (χ1n) is 10.8. The summed E-state index contributed by atoms with van der Waals surface area (Å²) in [5.74, 6) is -0.399. The molecular weight excluding hydrogens is 408 g/mol. The fourth-order valence-corrected chi connectivity index (χ4v) is 3.74. The van der Waals surface area contributed by atoms with E-state index < -0.39 is 12.1 Å². The molecule has 3 rings (SSSR count). The molecule has 0 bridgehead atoms. The molecule has 0 aliphatic carbocycles. The number of carbonyl (C=O) groups is 2. The highest BCUT2D eigenvalue weighted by molar-refractivity contribution is 5.94. The molecule has 1 amide bonds. The molecule has 170 valence electrons. The third kappa shape index (κ3) is 7.21. The summed E-state index contributed by atoms with van der Waals surface area (Å²) in [4.78, 5) is 25.2. The predicted molar refractivity (Wildman–Crippen MR) is 123 cm³/mol. The fraction of sp³-hybridized carbons (Fsp3) is 0.360. The van der Waals surface area contributed by atoms with Crippen LogP contribution in [0.5, 0.6) is 5.75 Å². The number of aliphatic hydroxyl groups excluding tert-OH is 1. The molecule has 1 unspecified atom stereocenters. The van der Waals surface area contributed by atoms with Crippen LogP contribution in [0.4, 0.5) is 0 Å². The molecule has 1 aliphatic heterocycles. The zero-order chi connectivity index (χ0) is 22.9. The van der Waals surface area contributed by atoms with Crippen LogP contribution < -0.4 is 10.1 Å². The third-order valence-electron chi connectivity index (χ3n) is 5.52. The summed E-state index contributed by atoms with van der Waals surface area (Å²) < 4.78 is 5.68. The van der Waals surface area contributed by atoms with Crippen molar-refractivity contribution in [2.75, 3.05) is 26.2 Å². The number of carboxylic acids is 1. The van der Waals surface area contributed by atoms with Crippen LogP contribution in [0.2, 0.25) is 0 Å². The average molecular weight is 439 g/mol. The van der Waals surface area contributed by atoms with E-state index in [9.17, 15) is 14.7 Å². The van der Waals surface area contributed by atoms with Gasteiger partial charge in [0, 0.05) is 37.3 Å². The molecule has 32 heavy (non-hydrogen) atoms. The lowest BCUT2D eigenvalue weighted by molar-refractivity contribution is -0.131. The van der Waals surface area contributed by atoms with Gasteiger partial charge in [0.25, 0.3) is 5.91 Å². The summed E-state index contributed by atoms with van der Waals surface area (Å²) in [6.07, 6.45) is 2.22. The molecule has 1 heterocycles. The fourth-order valence-electron chi connectivity index (χ4n) is 3.74. The maximum absolute atomic E-state index is 12.3. The quantitative estimate of drug-likeness (QED) is 0.521. The molecule has 0 spiro atoms. The Labute approximate surface area is 188 Å². The summed E-state index contributed by atoms with van der Waals surface area (Å²) in [5, 5.41) is 22.3. The van der Waals surface area contributed by atoms with E-state index in [-0.39, 0.29) is 18.6 Å². The SMILES string of the molecule is C/C(=C/C(=O)O)c1ccc(OCC(O)CN2CCC(NC(=O)c3ccccc3)CC2)cc1. The number of rotatable bonds is 9. The van der Waals surface area contributed by atoms with E-state index in [1.54, 1.807) is 31.2 Å². The lowest BCUT2D eigenvalue weighted by Gasteiger charge is -2.33. The topological polar surface area (TPSA) is 99.1 Å². The normalized spacial score (nSPS) is 16.4. The molecule has 2 aromatic rings. The van der Waals surface area contributed by atoms with Crippen molar-refractivity contribution < 1.29 is 24.5 Å². The standard InChI is InChI=1S/C25H30N2O5/c1-18(15-24(29)30)19-7-9-23(10-8-19)32-17-22(28)16-27-13-11-21(12-14-27)26-25(31)20-5-3-2-4-6-20/h2-10,15,21-22,28H,11-14,16-17H2,1H3,(H,26,31)(H,29,30)/b18-15-. The maximum atomic E-state index is 12.3. The van der Waals surface area contributed by atoms with Crippen LogP contribution in [-0.4, -0.2) is 65.4 Å². The van der Waals surface area contributed by atoms with Gasteiger partial charge in [-0.1, -0.05) is 30.3 Å². The smallest absolute Gasteiger partial charge is 0.328 e. The van der Waals surface area contributed by atoms with E-state index in [0.717, 1.165) is 37.6 Å². The second-order valence-corrected chi connectivity index (χ2v) is 8.07. The van der Waals surface area contributed by atoms with Gasteiger partial charge in [0.2, 0.25) is 0 Å². The van der Waals surface area contributed by atoms with Gasteiger partial charge in [0.05, 0.1) is 0 Å². The zero-order valence-corrected chi connectivity index (χ0v) is 18.2. The molecule has 0 radical (unpaired) electrons. The Morgan fingerprint density at radius 2 is 1.75 bits per heavy atom. The lowest BCUT2D eigenvalue weighted by Crippen LogP contribution is -2.47. The zero-order valence-electron chi connectivity index (χ0n) is 18.2. The summed E-state index contributed by atoms with van der Waals surface area (Å²) in [5.41, 5.74) is 2.14. The molecule has 0 aromatic heterocycles. The summed E-state index contributed by atoms with van der Waals surface area (Å²) in [6.45, 7) is 4.04. The minimum absolute atomic E-state index is 0.0443. The molecule has 3 N–H and O–H groups in total. The number of aliphatic hydroxyl groups is 1. The first kappa shape index (κ1) is 23.5. The summed E-state index contributed by atoms with van der Waals surface area (Å²) in [6, 6.07) is 16.5. The number of β-amino-alcohol motifs (C(OH)–C–C–N with tert-alkyl or cyclic N) is 1. The molecule has 0 saturated carbocycles. The molecule has 2 aromatic carbocycles. The summed E-state index contributed by atoms with van der Waals surface area (Å²) >= 11 is 0. The van der Waals surface area contributed by atoms with Crippen LogP contribution in [0, 0.1) is 0 Å². The van der Waals surface area contributed by atoms with Gasteiger partial charge in [-0.15, -0.1) is 0 Å². The number of benzene rings is 2. The number of amides is 1. The van der Waals surface area contributed by atoms with E-state index in [1.807, 2.05) is 30.3 Å². The number of nitrogens with one attached hydrogen (secondary N) is 1. The minimum atomic E-state index is -0.978. The van der Waals surface area contributed by atoms with Crippen molar-refractivity contribution >= 4 is 17.4 Å². The van der Waals surface area contributed by atoms with Gasteiger partial charge in [-0.2, -0.15) is 0 Å². The van der Waals surface area contributed by atoms with Gasteiger partial charge < -0.3 is 25.2 Å². The molecule has 7 nitrogen and oxygen atoms in total. The monoisotopic (exact) mass is 438 g/mol. The molecule has 7 heteroatoms. The lowest BCUT2D eigenvalue weighted by atomic mass is 10.0. The van der Waals surface area contributed by atoms with Crippen molar-refractivity contribution in [1.29, 1.82) is 0 Å². The number of aliphatic carboxylic acids is 1. The van der Waals surface area contributed by atoms with Crippen molar-refractivity contribution in [3.05, 3.63) is 71.8 Å². The van der Waals surface area contributed by atoms with Crippen LogP contribution in [0.15, 0.2) is 60.7 Å². The van der Waals surface area contributed by atoms with Crippen molar-refractivity contribution in [3.8, 4) is 5.75 Å². The molecular formula is C25H30N2O5. The molecule has 1 aliphatic rings. The number of hydrogen-bond acceptors (Lipinski definition) is 5. The second kappa shape index (κ2) is 11.5. The number of allylic oxidation sites excluding steroid dienone is 1. The third-order valence-corrected chi connectivity index (χ3v) is 5.52. The Morgan fingerprint density at radius 3 is 2.38 bits per heavy atom. The Balaban J connectivity index is 1.37. The maximum Gasteiger partial charge on any atom is 0.328 e.